The molecule has 2 N–H and O–H groups in total. The molecule has 1 aliphatic rings. The maximum absolute atomic E-state index is 14.4. The first-order valence-electron chi connectivity index (χ1n) is 11.0. The molecule has 0 saturated carbocycles. The Morgan fingerprint density at radius 1 is 1.05 bits per heavy atom. The quantitative estimate of drug-likeness (QED) is 0.160. The minimum absolute atomic E-state index is 0.0102. The van der Waals surface area contributed by atoms with E-state index in [1.807, 2.05) is 0 Å². The molecule has 1 unspecified atom stereocenters. The van der Waals surface area contributed by atoms with Crippen molar-refractivity contribution in [2.45, 2.75) is 6.04 Å². The van der Waals surface area contributed by atoms with E-state index in [4.69, 9.17) is 32.7 Å². The van der Waals surface area contributed by atoms with Crippen LogP contribution in [-0.4, -0.2) is 41.1 Å². The van der Waals surface area contributed by atoms with Gasteiger partial charge >= 0.3 is 5.91 Å². The molecule has 1 atom stereocenters. The second-order valence-corrected chi connectivity index (χ2v) is 10.1. The van der Waals surface area contributed by atoms with E-state index in [0.717, 1.165) is 22.3 Å². The Hall–Kier alpha value is -3.93. The molecule has 13 heteroatoms. The number of aliphatic hydroxyl groups is 1. The van der Waals surface area contributed by atoms with E-state index in [1.165, 1.54) is 44.6 Å². The Labute approximate surface area is 233 Å². The van der Waals surface area contributed by atoms with E-state index in [2.05, 4.69) is 4.98 Å². The number of ether oxygens (including phenoxy) is 2. The lowest BCUT2D eigenvalue weighted by Crippen LogP contribution is -2.29. The predicted molar refractivity (Wildman–Crippen MR) is 142 cm³/mol. The molecule has 3 aromatic carbocycles. The van der Waals surface area contributed by atoms with Gasteiger partial charge < -0.3 is 19.7 Å². The van der Waals surface area contributed by atoms with Gasteiger partial charge in [-0.15, -0.1) is 0 Å². The van der Waals surface area contributed by atoms with E-state index in [-0.39, 0.29) is 53.8 Å². The maximum atomic E-state index is 14.4. The van der Waals surface area contributed by atoms with Crippen molar-refractivity contribution in [3.8, 4) is 17.2 Å². The Kier molecular flexibility index (Phi) is 6.83. The zero-order valence-corrected chi connectivity index (χ0v) is 22.3. The molecule has 1 aromatic heterocycles. The number of aromatic nitrogens is 1. The van der Waals surface area contributed by atoms with Gasteiger partial charge in [-0.05, 0) is 29.8 Å². The van der Waals surface area contributed by atoms with Crippen LogP contribution in [-0.2, 0) is 9.59 Å². The number of hydrogen-bond acceptors (Lipinski definition) is 8. The number of ketones is 1. The van der Waals surface area contributed by atoms with Gasteiger partial charge in [0.2, 0.25) is 0 Å². The number of rotatable bonds is 5. The summed E-state index contributed by atoms with van der Waals surface area (Å²) in [6, 6.07) is 7.20. The number of carbonyl (C=O) groups is 2. The third kappa shape index (κ3) is 4.32. The number of nitrogens with zero attached hydrogens (tertiary/aromatic N) is 2. The van der Waals surface area contributed by atoms with E-state index < -0.39 is 35.1 Å². The number of carbonyl (C=O) groups excluding carboxylic acids is 2. The number of phenolic OH excluding ortho intramolecular Hbond substituents is 1. The fourth-order valence-corrected chi connectivity index (χ4v) is 6.06. The molecule has 0 spiro atoms. The van der Waals surface area contributed by atoms with Crippen molar-refractivity contribution >= 4 is 67.3 Å². The predicted octanol–water partition coefficient (Wildman–Crippen LogP) is 6.23. The van der Waals surface area contributed by atoms with Crippen molar-refractivity contribution in [1.29, 1.82) is 0 Å². The zero-order chi connectivity index (χ0) is 28.2. The molecular weight excluding hydrogens is 577 g/mol. The average Bonchev–Trinajstić information content (AvgIpc) is 3.42. The van der Waals surface area contributed by atoms with Gasteiger partial charge in [-0.25, -0.2) is 13.8 Å². The van der Waals surface area contributed by atoms with Crippen LogP contribution in [0.3, 0.4) is 0 Å². The average molecular weight is 593 g/mol. The number of Topliss-reactive ketones (excluding diaryl/α,β-unsaturated/α-hetero) is 1. The molecular formula is C26H16Cl2F2N2O6S. The lowest BCUT2D eigenvalue weighted by Gasteiger charge is -2.23. The Bertz CT molecular complexity index is 1710. The Morgan fingerprint density at radius 2 is 1.72 bits per heavy atom. The van der Waals surface area contributed by atoms with Crippen LogP contribution < -0.4 is 14.4 Å². The molecule has 0 aliphatic carbocycles. The van der Waals surface area contributed by atoms with Crippen LogP contribution in [0.5, 0.6) is 17.2 Å². The molecule has 5 rings (SSSR count). The van der Waals surface area contributed by atoms with Gasteiger partial charge in [-0.3, -0.25) is 14.5 Å². The summed E-state index contributed by atoms with van der Waals surface area (Å²) < 4.78 is 38.9. The van der Waals surface area contributed by atoms with Crippen LogP contribution >= 0.6 is 34.5 Å². The molecule has 0 bridgehead atoms. The number of benzene rings is 3. The third-order valence-corrected chi connectivity index (χ3v) is 7.68. The van der Waals surface area contributed by atoms with Crippen LogP contribution in [0.4, 0.5) is 13.9 Å². The van der Waals surface area contributed by atoms with Gasteiger partial charge in [0.1, 0.15) is 27.9 Å². The number of anilines is 1. The summed E-state index contributed by atoms with van der Waals surface area (Å²) in [6.45, 7) is 0. The van der Waals surface area contributed by atoms with Gasteiger partial charge in [-0.1, -0.05) is 46.7 Å². The van der Waals surface area contributed by atoms with Crippen molar-refractivity contribution in [3.05, 3.63) is 80.8 Å². The SMILES string of the molecule is COc1c(Cl)cc(/C(O)=C2\C(=O)C(=O)N(c3nc4c(F)cc(F)cc4s3)C2c2ccc(O)cc2)c(OC)c1Cl. The number of amides is 1. The highest BCUT2D eigenvalue weighted by atomic mass is 35.5. The highest BCUT2D eigenvalue weighted by Gasteiger charge is 2.48. The molecule has 8 nitrogen and oxygen atoms in total. The number of phenols is 1. The minimum Gasteiger partial charge on any atom is -0.508 e. The fraction of sp³-hybridized carbons (Fsp3) is 0.115. The standard InChI is InChI=1S/C26H16Cl2F2N2O6S/c1-37-23-13(9-14(27)24(38-2)18(23)28)21(34)17-20(10-3-5-12(33)6-4-10)32(25(36)22(17)35)26-31-19-15(30)7-11(29)8-16(19)39-26/h3-9,20,33-34H,1-2H3/b21-17+. The van der Waals surface area contributed by atoms with Crippen molar-refractivity contribution in [2.75, 3.05) is 19.1 Å². The summed E-state index contributed by atoms with van der Waals surface area (Å²) in [6.07, 6.45) is 0. The first-order valence-corrected chi connectivity index (χ1v) is 12.6. The highest BCUT2D eigenvalue weighted by Crippen LogP contribution is 2.49. The van der Waals surface area contributed by atoms with Gasteiger partial charge in [0.15, 0.2) is 22.4 Å². The second kappa shape index (κ2) is 9.99. The second-order valence-electron chi connectivity index (χ2n) is 8.28. The monoisotopic (exact) mass is 592 g/mol. The number of hydrogen-bond donors (Lipinski definition) is 2. The van der Waals surface area contributed by atoms with Crippen LogP contribution in [0, 0.1) is 11.6 Å². The fourth-order valence-electron chi connectivity index (χ4n) is 4.34. The summed E-state index contributed by atoms with van der Waals surface area (Å²) in [5.41, 5.74) is -0.387. The Balaban J connectivity index is 1.79. The molecule has 0 radical (unpaired) electrons. The summed E-state index contributed by atoms with van der Waals surface area (Å²) in [7, 11) is 2.60. The topological polar surface area (TPSA) is 109 Å². The molecule has 1 aliphatic heterocycles. The van der Waals surface area contributed by atoms with Gasteiger partial charge in [0.25, 0.3) is 5.78 Å². The van der Waals surface area contributed by atoms with Crippen molar-refractivity contribution < 1.29 is 38.1 Å². The minimum atomic E-state index is -1.29. The van der Waals surface area contributed by atoms with Gasteiger partial charge in [0.05, 0.1) is 41.1 Å². The van der Waals surface area contributed by atoms with Gasteiger partial charge in [-0.2, -0.15) is 0 Å². The van der Waals surface area contributed by atoms with E-state index in [0.29, 0.717) is 11.6 Å². The zero-order valence-electron chi connectivity index (χ0n) is 20.0. The number of aromatic hydroxyl groups is 1. The summed E-state index contributed by atoms with van der Waals surface area (Å²) in [4.78, 5) is 32.0. The number of halogens is 4. The first kappa shape index (κ1) is 26.7. The molecule has 1 amide bonds. The largest absolute Gasteiger partial charge is 0.508 e. The molecule has 1 fully saturated rings. The van der Waals surface area contributed by atoms with E-state index in [1.54, 1.807) is 0 Å². The van der Waals surface area contributed by atoms with Crippen LogP contribution in [0.2, 0.25) is 10.0 Å². The van der Waals surface area contributed by atoms with Crippen LogP contribution in [0.25, 0.3) is 16.0 Å². The molecule has 2 heterocycles. The lowest BCUT2D eigenvalue weighted by molar-refractivity contribution is -0.132. The Morgan fingerprint density at radius 3 is 2.36 bits per heavy atom. The smallest absolute Gasteiger partial charge is 0.301 e. The molecule has 200 valence electrons. The molecule has 39 heavy (non-hydrogen) atoms. The third-order valence-electron chi connectivity index (χ3n) is 6.06. The van der Waals surface area contributed by atoms with E-state index in [9.17, 15) is 28.6 Å². The maximum Gasteiger partial charge on any atom is 0.301 e. The van der Waals surface area contributed by atoms with Gasteiger partial charge in [0, 0.05) is 6.07 Å². The molecule has 1 saturated heterocycles. The van der Waals surface area contributed by atoms with Crippen molar-refractivity contribution in [2.24, 2.45) is 0 Å². The molecule has 4 aromatic rings. The van der Waals surface area contributed by atoms with Crippen LogP contribution in [0.1, 0.15) is 17.2 Å². The summed E-state index contributed by atoms with van der Waals surface area (Å²) in [5.74, 6) is -4.75. The summed E-state index contributed by atoms with van der Waals surface area (Å²) >= 11 is 13.4. The van der Waals surface area contributed by atoms with Crippen molar-refractivity contribution in [1.82, 2.24) is 4.98 Å². The lowest BCUT2D eigenvalue weighted by atomic mass is 9.95. The first-order chi connectivity index (χ1) is 18.6. The number of thiazole rings is 1. The van der Waals surface area contributed by atoms with E-state index >= 15 is 0 Å². The number of methoxy groups -OCH3 is 2. The highest BCUT2D eigenvalue weighted by molar-refractivity contribution is 7.22. The van der Waals surface area contributed by atoms with Crippen LogP contribution in [0.15, 0.2) is 48.0 Å². The normalized spacial score (nSPS) is 16.8. The summed E-state index contributed by atoms with van der Waals surface area (Å²) in [5, 5.41) is 21.1. The number of aliphatic hydroxyl groups excluding tert-OH is 1. The van der Waals surface area contributed by atoms with Crippen molar-refractivity contribution in [3.63, 3.8) is 0 Å². The number of fused-ring (bicyclic) bond motifs is 1.